The number of amides is 1. The van der Waals surface area contributed by atoms with Crippen molar-refractivity contribution < 1.29 is 14.3 Å². The molecule has 0 aliphatic rings. The van der Waals surface area contributed by atoms with E-state index in [1.807, 2.05) is 12.1 Å². The van der Waals surface area contributed by atoms with Crippen molar-refractivity contribution in [3.8, 4) is 11.5 Å². The van der Waals surface area contributed by atoms with E-state index in [2.05, 4.69) is 5.32 Å². The van der Waals surface area contributed by atoms with Gasteiger partial charge in [-0.2, -0.15) is 0 Å². The molecule has 5 heteroatoms. The molecular formula is C15H16N2O3. The van der Waals surface area contributed by atoms with Crippen LogP contribution in [0.15, 0.2) is 48.5 Å². The first-order chi connectivity index (χ1) is 9.69. The first-order valence-corrected chi connectivity index (χ1v) is 6.10. The van der Waals surface area contributed by atoms with Crippen molar-refractivity contribution in [1.82, 2.24) is 0 Å². The molecule has 0 heterocycles. The summed E-state index contributed by atoms with van der Waals surface area (Å²) in [4.78, 5) is 11.8. The highest BCUT2D eigenvalue weighted by Crippen LogP contribution is 2.25. The summed E-state index contributed by atoms with van der Waals surface area (Å²) < 4.78 is 10.6. The van der Waals surface area contributed by atoms with E-state index < -0.39 is 0 Å². The number of benzene rings is 2. The summed E-state index contributed by atoms with van der Waals surface area (Å²) >= 11 is 0. The van der Waals surface area contributed by atoms with E-state index in [-0.39, 0.29) is 12.5 Å². The number of para-hydroxylation sites is 2. The van der Waals surface area contributed by atoms with Gasteiger partial charge in [-0.3, -0.25) is 4.79 Å². The Hall–Kier alpha value is -2.69. The number of hydrogen-bond donors (Lipinski definition) is 2. The number of carbonyl (C=O) groups excluding carboxylic acids is 1. The molecule has 0 unspecified atom stereocenters. The molecule has 2 aromatic carbocycles. The Labute approximate surface area is 117 Å². The van der Waals surface area contributed by atoms with Gasteiger partial charge in [-0.1, -0.05) is 12.1 Å². The maximum Gasteiger partial charge on any atom is 0.262 e. The molecule has 0 saturated carbocycles. The lowest BCUT2D eigenvalue weighted by molar-refractivity contribution is -0.118. The summed E-state index contributed by atoms with van der Waals surface area (Å²) in [6.45, 7) is -0.0925. The quantitative estimate of drug-likeness (QED) is 0.819. The number of carbonyl (C=O) groups is 1. The van der Waals surface area contributed by atoms with Crippen LogP contribution in [0, 0.1) is 0 Å². The third-order valence-electron chi connectivity index (χ3n) is 2.62. The molecule has 0 spiro atoms. The normalized spacial score (nSPS) is 9.85. The van der Waals surface area contributed by atoms with Crippen molar-refractivity contribution in [1.29, 1.82) is 0 Å². The van der Waals surface area contributed by atoms with Crippen molar-refractivity contribution in [2.75, 3.05) is 24.8 Å². The molecule has 2 rings (SSSR count). The fourth-order valence-electron chi connectivity index (χ4n) is 1.64. The number of rotatable bonds is 5. The molecule has 0 fully saturated rings. The van der Waals surface area contributed by atoms with Gasteiger partial charge in [0.15, 0.2) is 18.1 Å². The smallest absolute Gasteiger partial charge is 0.262 e. The zero-order valence-corrected chi connectivity index (χ0v) is 11.1. The Morgan fingerprint density at radius 1 is 1.10 bits per heavy atom. The van der Waals surface area contributed by atoms with Gasteiger partial charge in [0.1, 0.15) is 0 Å². The third-order valence-corrected chi connectivity index (χ3v) is 2.62. The molecule has 0 aromatic heterocycles. The van der Waals surface area contributed by atoms with Gasteiger partial charge < -0.3 is 20.5 Å². The van der Waals surface area contributed by atoms with Gasteiger partial charge in [-0.05, 0) is 36.4 Å². The van der Waals surface area contributed by atoms with Crippen LogP contribution in [0.2, 0.25) is 0 Å². The minimum atomic E-state index is -0.249. The Balaban J connectivity index is 1.90. The van der Waals surface area contributed by atoms with Crippen LogP contribution in [0.1, 0.15) is 0 Å². The molecule has 20 heavy (non-hydrogen) atoms. The van der Waals surface area contributed by atoms with Gasteiger partial charge in [0.05, 0.1) is 7.11 Å². The zero-order chi connectivity index (χ0) is 14.4. The van der Waals surface area contributed by atoms with Gasteiger partial charge in [-0.25, -0.2) is 0 Å². The molecule has 0 aliphatic heterocycles. The summed E-state index contributed by atoms with van der Waals surface area (Å²) in [7, 11) is 1.55. The van der Waals surface area contributed by atoms with Crippen molar-refractivity contribution in [2.24, 2.45) is 0 Å². The number of anilines is 2. The van der Waals surface area contributed by atoms with Crippen molar-refractivity contribution in [3.63, 3.8) is 0 Å². The molecule has 3 N–H and O–H groups in total. The van der Waals surface area contributed by atoms with Gasteiger partial charge in [0, 0.05) is 11.4 Å². The Bertz CT molecular complexity index is 582. The maximum absolute atomic E-state index is 11.8. The summed E-state index contributed by atoms with van der Waals surface area (Å²) in [5.74, 6) is 0.871. The largest absolute Gasteiger partial charge is 0.493 e. The topological polar surface area (TPSA) is 73.6 Å². The highest BCUT2D eigenvalue weighted by molar-refractivity contribution is 5.92. The second-order valence-electron chi connectivity index (χ2n) is 4.11. The van der Waals surface area contributed by atoms with Crippen LogP contribution in [0.3, 0.4) is 0 Å². The van der Waals surface area contributed by atoms with Gasteiger partial charge in [0.25, 0.3) is 5.91 Å². The Morgan fingerprint density at radius 2 is 1.75 bits per heavy atom. The van der Waals surface area contributed by atoms with Gasteiger partial charge >= 0.3 is 0 Å². The van der Waals surface area contributed by atoms with E-state index in [1.165, 1.54) is 0 Å². The molecule has 0 saturated heterocycles. The first kappa shape index (κ1) is 13.7. The van der Waals surface area contributed by atoms with Crippen LogP contribution in [-0.2, 0) is 4.79 Å². The molecule has 5 nitrogen and oxygen atoms in total. The van der Waals surface area contributed by atoms with Gasteiger partial charge in [0.2, 0.25) is 0 Å². The molecule has 0 bridgehead atoms. The lowest BCUT2D eigenvalue weighted by Gasteiger charge is -2.10. The number of ether oxygens (including phenoxy) is 2. The second kappa shape index (κ2) is 6.47. The van der Waals surface area contributed by atoms with E-state index in [0.717, 1.165) is 0 Å². The average molecular weight is 272 g/mol. The fraction of sp³-hybridized carbons (Fsp3) is 0.133. The van der Waals surface area contributed by atoms with E-state index in [0.29, 0.717) is 22.9 Å². The summed E-state index contributed by atoms with van der Waals surface area (Å²) in [5.41, 5.74) is 6.89. The summed E-state index contributed by atoms with van der Waals surface area (Å²) in [6, 6.07) is 14.1. The molecule has 2 aromatic rings. The lowest BCUT2D eigenvalue weighted by Crippen LogP contribution is -2.20. The number of methoxy groups -OCH3 is 1. The van der Waals surface area contributed by atoms with Crippen LogP contribution in [0.4, 0.5) is 11.4 Å². The third kappa shape index (κ3) is 3.65. The number of nitrogens with one attached hydrogen (secondary N) is 1. The minimum absolute atomic E-state index is 0.0925. The highest BCUT2D eigenvalue weighted by atomic mass is 16.5. The molecular weight excluding hydrogens is 256 g/mol. The van der Waals surface area contributed by atoms with E-state index in [9.17, 15) is 4.79 Å². The SMILES string of the molecule is COc1ccccc1OCC(=O)Nc1ccc(N)cc1. The van der Waals surface area contributed by atoms with Crippen LogP contribution in [0.5, 0.6) is 11.5 Å². The predicted octanol–water partition coefficient (Wildman–Crippen LogP) is 2.29. The highest BCUT2D eigenvalue weighted by Gasteiger charge is 2.07. The van der Waals surface area contributed by atoms with Crippen molar-refractivity contribution in [2.45, 2.75) is 0 Å². The summed E-state index contributed by atoms with van der Waals surface area (Å²) in [6.07, 6.45) is 0. The van der Waals surface area contributed by atoms with E-state index >= 15 is 0 Å². The Kier molecular flexibility index (Phi) is 4.44. The number of nitrogen functional groups attached to an aromatic ring is 1. The molecule has 0 aliphatic carbocycles. The van der Waals surface area contributed by atoms with Crippen LogP contribution in [-0.4, -0.2) is 19.6 Å². The monoisotopic (exact) mass is 272 g/mol. The van der Waals surface area contributed by atoms with Gasteiger partial charge in [-0.15, -0.1) is 0 Å². The standard InChI is InChI=1S/C15H16N2O3/c1-19-13-4-2-3-5-14(13)20-10-15(18)17-12-8-6-11(16)7-9-12/h2-9H,10,16H2,1H3,(H,17,18). The second-order valence-corrected chi connectivity index (χ2v) is 4.11. The molecule has 0 atom stereocenters. The van der Waals surface area contributed by atoms with Crippen molar-refractivity contribution in [3.05, 3.63) is 48.5 Å². The Morgan fingerprint density at radius 3 is 2.40 bits per heavy atom. The van der Waals surface area contributed by atoms with E-state index in [1.54, 1.807) is 43.5 Å². The number of nitrogens with two attached hydrogens (primary N) is 1. The van der Waals surface area contributed by atoms with Crippen LogP contribution in [0.25, 0.3) is 0 Å². The fourth-order valence-corrected chi connectivity index (χ4v) is 1.64. The van der Waals surface area contributed by atoms with Crippen LogP contribution < -0.4 is 20.5 Å². The zero-order valence-electron chi connectivity index (χ0n) is 11.1. The maximum atomic E-state index is 11.8. The lowest BCUT2D eigenvalue weighted by atomic mass is 10.3. The average Bonchev–Trinajstić information content (AvgIpc) is 2.48. The molecule has 1 amide bonds. The summed E-state index contributed by atoms with van der Waals surface area (Å²) in [5, 5.41) is 2.72. The van der Waals surface area contributed by atoms with Crippen LogP contribution >= 0.6 is 0 Å². The van der Waals surface area contributed by atoms with E-state index in [4.69, 9.17) is 15.2 Å². The van der Waals surface area contributed by atoms with Crippen molar-refractivity contribution >= 4 is 17.3 Å². The molecule has 0 radical (unpaired) electrons. The first-order valence-electron chi connectivity index (χ1n) is 6.10. The minimum Gasteiger partial charge on any atom is -0.493 e. The number of hydrogen-bond acceptors (Lipinski definition) is 4. The predicted molar refractivity (Wildman–Crippen MR) is 78.0 cm³/mol. The molecule has 104 valence electrons.